The van der Waals surface area contributed by atoms with Crippen LogP contribution in [0.1, 0.15) is 24.5 Å². The van der Waals surface area contributed by atoms with Gasteiger partial charge in [-0.1, -0.05) is 170 Å². The molecule has 0 bridgehead atoms. The number of benzene rings is 7. The monoisotopic (exact) mass is 691 g/mol. The van der Waals surface area contributed by atoms with Gasteiger partial charge in [-0.05, 0) is 79.1 Å². The summed E-state index contributed by atoms with van der Waals surface area (Å²) in [5.41, 5.74) is 10.3. The third-order valence-corrected chi connectivity index (χ3v) is 11.0. The van der Waals surface area contributed by atoms with Gasteiger partial charge >= 0.3 is 0 Å². The van der Waals surface area contributed by atoms with Crippen molar-refractivity contribution < 1.29 is 0 Å². The van der Waals surface area contributed by atoms with Crippen molar-refractivity contribution >= 4 is 38.5 Å². The van der Waals surface area contributed by atoms with E-state index in [0.29, 0.717) is 5.92 Å². The van der Waals surface area contributed by atoms with Gasteiger partial charge in [0.1, 0.15) is 0 Å². The highest BCUT2D eigenvalue weighted by Gasteiger charge is 2.21. The molecular formula is C51H37N3. The minimum absolute atomic E-state index is 0.172. The maximum atomic E-state index is 5.23. The molecule has 10 rings (SSSR count). The van der Waals surface area contributed by atoms with E-state index < -0.39 is 0 Å². The Bertz CT molecular complexity index is 2760. The van der Waals surface area contributed by atoms with Crippen LogP contribution in [0.25, 0.3) is 77.2 Å². The molecule has 1 aliphatic carbocycles. The van der Waals surface area contributed by atoms with Crippen LogP contribution < -0.4 is 0 Å². The molecule has 256 valence electrons. The Kier molecular flexibility index (Phi) is 8.11. The molecule has 8 aromatic rings. The molecule has 0 saturated carbocycles. The van der Waals surface area contributed by atoms with E-state index in [-0.39, 0.29) is 5.92 Å². The van der Waals surface area contributed by atoms with Crippen LogP contribution in [0.2, 0.25) is 0 Å². The molecule has 0 radical (unpaired) electrons. The fourth-order valence-corrected chi connectivity index (χ4v) is 8.34. The normalized spacial score (nSPS) is 16.6. The maximum Gasteiger partial charge on any atom is 0.160 e. The average molecular weight is 692 g/mol. The van der Waals surface area contributed by atoms with Crippen molar-refractivity contribution in [3.05, 3.63) is 193 Å². The van der Waals surface area contributed by atoms with Crippen LogP contribution in [-0.4, -0.2) is 16.2 Å². The summed E-state index contributed by atoms with van der Waals surface area (Å²) < 4.78 is 0. The molecule has 0 amide bonds. The molecule has 3 nitrogen and oxygen atoms in total. The van der Waals surface area contributed by atoms with E-state index in [1.807, 2.05) is 12.3 Å². The molecule has 0 saturated heterocycles. The number of aromatic nitrogens is 2. The summed E-state index contributed by atoms with van der Waals surface area (Å²) >= 11 is 0. The Labute approximate surface area is 315 Å². The van der Waals surface area contributed by atoms with Crippen LogP contribution in [0, 0.1) is 5.92 Å². The third-order valence-electron chi connectivity index (χ3n) is 11.0. The predicted molar refractivity (Wildman–Crippen MR) is 227 cm³/mol. The summed E-state index contributed by atoms with van der Waals surface area (Å²) in [4.78, 5) is 14.8. The Hall–Kier alpha value is -6.71. The van der Waals surface area contributed by atoms with Gasteiger partial charge in [-0.25, -0.2) is 9.97 Å². The van der Waals surface area contributed by atoms with Crippen molar-refractivity contribution in [2.75, 3.05) is 0 Å². The second kappa shape index (κ2) is 13.7. The fraction of sp³-hybridized carbons (Fsp3) is 0.0784. The van der Waals surface area contributed by atoms with Gasteiger partial charge < -0.3 is 0 Å². The van der Waals surface area contributed by atoms with Gasteiger partial charge in [0.2, 0.25) is 0 Å². The number of nitrogens with zero attached hydrogens (tertiary/aromatic N) is 3. The molecule has 1 aromatic heterocycles. The summed E-state index contributed by atoms with van der Waals surface area (Å²) in [6.45, 7) is 0. The van der Waals surface area contributed by atoms with Crippen molar-refractivity contribution in [2.45, 2.75) is 18.8 Å². The number of aliphatic imine (C=N–C) groups is 1. The first-order chi connectivity index (χ1) is 26.8. The van der Waals surface area contributed by atoms with Gasteiger partial charge in [-0.15, -0.1) is 0 Å². The first kappa shape index (κ1) is 32.0. The molecule has 2 aliphatic rings. The molecule has 2 atom stereocenters. The Morgan fingerprint density at radius 3 is 1.83 bits per heavy atom. The van der Waals surface area contributed by atoms with E-state index in [0.717, 1.165) is 41.2 Å². The molecule has 0 N–H and O–H groups in total. The Morgan fingerprint density at radius 1 is 0.500 bits per heavy atom. The molecule has 0 spiro atoms. The van der Waals surface area contributed by atoms with Gasteiger partial charge in [0.05, 0.1) is 11.4 Å². The summed E-state index contributed by atoms with van der Waals surface area (Å²) in [7, 11) is 0. The first-order valence-corrected chi connectivity index (χ1v) is 18.8. The summed E-state index contributed by atoms with van der Waals surface area (Å²) in [6, 6.07) is 54.6. The molecule has 1 aliphatic heterocycles. The molecular weight excluding hydrogens is 655 g/mol. The number of rotatable bonds is 6. The highest BCUT2D eigenvalue weighted by Crippen LogP contribution is 2.45. The molecule has 2 heterocycles. The maximum absolute atomic E-state index is 5.23. The van der Waals surface area contributed by atoms with Crippen molar-refractivity contribution in [3.8, 4) is 44.9 Å². The fourth-order valence-electron chi connectivity index (χ4n) is 8.34. The van der Waals surface area contributed by atoms with E-state index >= 15 is 0 Å². The predicted octanol–water partition coefficient (Wildman–Crippen LogP) is 13.2. The SMILES string of the molecule is C1=CN=CC(C2=CCC(c3cc(-c4ccccc4)nc(-c4ccc(-c5c6ccccc6c(-c6cccc7ccccc67)c6ccccc56)cc4)n3)C=C2)C1. The smallest absolute Gasteiger partial charge is 0.160 e. The largest absolute Gasteiger partial charge is 0.269 e. The van der Waals surface area contributed by atoms with E-state index in [2.05, 4.69) is 181 Å². The lowest BCUT2D eigenvalue weighted by Gasteiger charge is -2.21. The first-order valence-electron chi connectivity index (χ1n) is 18.8. The lowest BCUT2D eigenvalue weighted by Crippen LogP contribution is -2.10. The number of hydrogen-bond acceptors (Lipinski definition) is 3. The van der Waals surface area contributed by atoms with E-state index in [9.17, 15) is 0 Å². The molecule has 7 aromatic carbocycles. The Balaban J connectivity index is 1.07. The summed E-state index contributed by atoms with van der Waals surface area (Å²) in [5.74, 6) is 1.26. The third kappa shape index (κ3) is 5.75. The highest BCUT2D eigenvalue weighted by atomic mass is 14.9. The second-order valence-electron chi connectivity index (χ2n) is 14.2. The average Bonchev–Trinajstić information content (AvgIpc) is 3.26. The zero-order valence-corrected chi connectivity index (χ0v) is 29.8. The van der Waals surface area contributed by atoms with E-state index in [1.54, 1.807) is 0 Å². The number of fused-ring (bicyclic) bond motifs is 3. The molecule has 2 unspecified atom stereocenters. The van der Waals surface area contributed by atoms with Crippen LogP contribution in [0.5, 0.6) is 0 Å². The van der Waals surface area contributed by atoms with Gasteiger partial charge in [-0.2, -0.15) is 0 Å². The number of allylic oxidation sites excluding steroid dienone is 5. The van der Waals surface area contributed by atoms with E-state index in [1.165, 1.54) is 60.1 Å². The lowest BCUT2D eigenvalue weighted by atomic mass is 9.84. The molecule has 54 heavy (non-hydrogen) atoms. The Morgan fingerprint density at radius 2 is 1.15 bits per heavy atom. The standard InChI is InChI=1S/C51H37N3/c1-2-13-36(14-3-1)47-32-48(37-25-23-34(24-26-37)40-16-11-31-52-33-40)54-51(53-47)39-29-27-38(28-30-39)49-43-18-6-8-20-45(43)50(46-21-9-7-19-44(46)49)42-22-10-15-35-12-4-5-17-41(35)42/h1-15,17-25,27-33,37,40H,16,26H2. The van der Waals surface area contributed by atoms with Crippen molar-refractivity contribution in [3.63, 3.8) is 0 Å². The second-order valence-corrected chi connectivity index (χ2v) is 14.2. The van der Waals surface area contributed by atoms with Crippen LogP contribution in [-0.2, 0) is 0 Å². The van der Waals surface area contributed by atoms with Gasteiger partial charge in [0.15, 0.2) is 5.82 Å². The quantitative estimate of drug-likeness (QED) is 0.163. The molecule has 0 fully saturated rings. The van der Waals surface area contributed by atoms with Crippen LogP contribution >= 0.6 is 0 Å². The minimum atomic E-state index is 0.172. The van der Waals surface area contributed by atoms with Crippen LogP contribution in [0.3, 0.4) is 0 Å². The van der Waals surface area contributed by atoms with Crippen LogP contribution in [0.4, 0.5) is 0 Å². The minimum Gasteiger partial charge on any atom is -0.269 e. The summed E-state index contributed by atoms with van der Waals surface area (Å²) in [6.07, 6.45) is 14.9. The van der Waals surface area contributed by atoms with Gasteiger partial charge in [-0.3, -0.25) is 4.99 Å². The zero-order valence-electron chi connectivity index (χ0n) is 29.8. The van der Waals surface area contributed by atoms with E-state index in [4.69, 9.17) is 9.97 Å². The van der Waals surface area contributed by atoms with Crippen LogP contribution in [0.15, 0.2) is 193 Å². The summed E-state index contributed by atoms with van der Waals surface area (Å²) in [5, 5.41) is 7.49. The molecule has 3 heteroatoms. The van der Waals surface area contributed by atoms with Gasteiger partial charge in [0, 0.05) is 35.4 Å². The highest BCUT2D eigenvalue weighted by molar-refractivity contribution is 6.23. The zero-order chi connectivity index (χ0) is 35.8. The number of hydrogen-bond donors (Lipinski definition) is 0. The van der Waals surface area contributed by atoms with Crippen molar-refractivity contribution in [2.24, 2.45) is 10.9 Å². The van der Waals surface area contributed by atoms with Crippen molar-refractivity contribution in [1.29, 1.82) is 0 Å². The van der Waals surface area contributed by atoms with Crippen molar-refractivity contribution in [1.82, 2.24) is 9.97 Å². The topological polar surface area (TPSA) is 38.1 Å². The van der Waals surface area contributed by atoms with Gasteiger partial charge in [0.25, 0.3) is 0 Å². The lowest BCUT2D eigenvalue weighted by molar-refractivity contribution is 0.768.